The molecule has 1 atom stereocenters. The Morgan fingerprint density at radius 3 is 2.67 bits per heavy atom. The summed E-state index contributed by atoms with van der Waals surface area (Å²) in [5.41, 5.74) is 3.84. The van der Waals surface area contributed by atoms with E-state index in [4.69, 9.17) is 4.98 Å². The molecule has 1 aromatic heterocycles. The van der Waals surface area contributed by atoms with Crippen LogP contribution in [-0.2, 0) is 6.42 Å². The number of hydrogen-bond acceptors (Lipinski definition) is 3. The highest BCUT2D eigenvalue weighted by Gasteiger charge is 2.17. The number of nitrogens with zero attached hydrogens (tertiary/aromatic N) is 1. The molecule has 4 heteroatoms. The van der Waals surface area contributed by atoms with Gasteiger partial charge in [0.25, 0.3) is 0 Å². The number of hydrogen-bond donors (Lipinski definition) is 1. The first-order chi connectivity index (χ1) is 10.0. The molecule has 2 nitrogen and oxygen atoms in total. The van der Waals surface area contributed by atoms with E-state index in [0.29, 0.717) is 6.04 Å². The molecule has 0 aliphatic carbocycles. The molecule has 0 spiro atoms. The summed E-state index contributed by atoms with van der Waals surface area (Å²) in [6, 6.07) is 6.77. The fourth-order valence-electron chi connectivity index (χ4n) is 2.41. The summed E-state index contributed by atoms with van der Waals surface area (Å²) in [7, 11) is 0. The third-order valence-electron chi connectivity index (χ3n) is 3.78. The number of benzene rings is 1. The first kappa shape index (κ1) is 16.7. The van der Waals surface area contributed by atoms with Crippen molar-refractivity contribution in [2.45, 2.75) is 46.6 Å². The van der Waals surface area contributed by atoms with Gasteiger partial charge in [-0.05, 0) is 50.9 Å². The van der Waals surface area contributed by atoms with Crippen LogP contribution in [0, 0.1) is 20.8 Å². The van der Waals surface area contributed by atoms with E-state index in [-0.39, 0.29) is 0 Å². The van der Waals surface area contributed by atoms with E-state index in [0.717, 1.165) is 25.1 Å². The monoisotopic (exact) mass is 366 g/mol. The highest BCUT2D eigenvalue weighted by molar-refractivity contribution is 9.10. The molecule has 0 fully saturated rings. The summed E-state index contributed by atoms with van der Waals surface area (Å²) in [6.45, 7) is 9.65. The predicted molar refractivity (Wildman–Crippen MR) is 95.2 cm³/mol. The highest BCUT2D eigenvalue weighted by Crippen LogP contribution is 2.28. The van der Waals surface area contributed by atoms with E-state index < -0.39 is 0 Å². The number of rotatable bonds is 6. The molecule has 1 unspecified atom stereocenters. The Bertz CT molecular complexity index is 587. The van der Waals surface area contributed by atoms with Crippen molar-refractivity contribution in [3.63, 3.8) is 0 Å². The minimum atomic E-state index is 0.326. The van der Waals surface area contributed by atoms with Crippen LogP contribution in [0.2, 0.25) is 0 Å². The number of thiazole rings is 1. The first-order valence-corrected chi connectivity index (χ1v) is 9.05. The van der Waals surface area contributed by atoms with Gasteiger partial charge in [-0.2, -0.15) is 0 Å². The Balaban J connectivity index is 2.27. The highest BCUT2D eigenvalue weighted by atomic mass is 79.9. The molecule has 0 saturated heterocycles. The van der Waals surface area contributed by atoms with E-state index >= 15 is 0 Å². The molecule has 1 heterocycles. The lowest BCUT2D eigenvalue weighted by Gasteiger charge is -2.20. The van der Waals surface area contributed by atoms with Crippen LogP contribution in [0.25, 0.3) is 0 Å². The van der Waals surface area contributed by atoms with Crippen molar-refractivity contribution in [1.82, 2.24) is 10.3 Å². The van der Waals surface area contributed by atoms with Crippen molar-refractivity contribution in [1.29, 1.82) is 0 Å². The zero-order valence-electron chi connectivity index (χ0n) is 13.2. The summed E-state index contributed by atoms with van der Waals surface area (Å²) in [5.74, 6) is 0. The molecule has 1 N–H and O–H groups in total. The molecule has 0 saturated carbocycles. The first-order valence-electron chi connectivity index (χ1n) is 7.44. The predicted octanol–water partition coefficient (Wildman–Crippen LogP) is 5.11. The van der Waals surface area contributed by atoms with Crippen LogP contribution < -0.4 is 5.32 Å². The van der Waals surface area contributed by atoms with Crippen LogP contribution in [0.15, 0.2) is 22.7 Å². The van der Waals surface area contributed by atoms with E-state index in [1.165, 1.54) is 25.5 Å². The van der Waals surface area contributed by atoms with Crippen molar-refractivity contribution >= 4 is 27.3 Å². The Morgan fingerprint density at radius 1 is 1.29 bits per heavy atom. The second kappa shape index (κ2) is 7.52. The van der Waals surface area contributed by atoms with Crippen LogP contribution in [0.5, 0.6) is 0 Å². The van der Waals surface area contributed by atoms with Gasteiger partial charge in [0.1, 0.15) is 0 Å². The smallest absolute Gasteiger partial charge is 0.0949 e. The normalized spacial score (nSPS) is 12.6. The van der Waals surface area contributed by atoms with Crippen LogP contribution >= 0.6 is 27.3 Å². The fraction of sp³-hybridized carbons (Fsp3) is 0.471. The SMILES string of the molecule is CCCNC(Cc1nc(C)c(C)s1)c1cccc(Br)c1C. The molecule has 0 aliphatic heterocycles. The van der Waals surface area contributed by atoms with Crippen molar-refractivity contribution < 1.29 is 0 Å². The standard InChI is InChI=1S/C17H23BrN2S/c1-5-9-19-16(10-17-20-12(3)13(4)21-17)14-7-6-8-15(18)11(14)2/h6-8,16,19H,5,9-10H2,1-4H3. The van der Waals surface area contributed by atoms with E-state index in [2.05, 4.69) is 67.1 Å². The minimum Gasteiger partial charge on any atom is -0.310 e. The van der Waals surface area contributed by atoms with Gasteiger partial charge >= 0.3 is 0 Å². The van der Waals surface area contributed by atoms with Crippen LogP contribution in [-0.4, -0.2) is 11.5 Å². The maximum Gasteiger partial charge on any atom is 0.0949 e. The summed E-state index contributed by atoms with van der Waals surface area (Å²) in [6.07, 6.45) is 2.09. The van der Waals surface area contributed by atoms with Gasteiger partial charge in [0.2, 0.25) is 0 Å². The average Bonchev–Trinajstić information content (AvgIpc) is 2.76. The van der Waals surface area contributed by atoms with Gasteiger partial charge < -0.3 is 5.32 Å². The van der Waals surface area contributed by atoms with Gasteiger partial charge in [-0.25, -0.2) is 4.98 Å². The Hall–Kier alpha value is -0.710. The molecule has 0 bridgehead atoms. The minimum absolute atomic E-state index is 0.326. The summed E-state index contributed by atoms with van der Waals surface area (Å²) in [5, 5.41) is 4.90. The van der Waals surface area contributed by atoms with Gasteiger partial charge in [-0.3, -0.25) is 0 Å². The Kier molecular flexibility index (Phi) is 5.97. The number of nitrogens with one attached hydrogen (secondary N) is 1. The maximum absolute atomic E-state index is 4.70. The average molecular weight is 367 g/mol. The van der Waals surface area contributed by atoms with Crippen molar-refractivity contribution in [3.8, 4) is 0 Å². The number of halogens is 1. The fourth-order valence-corrected chi connectivity index (χ4v) is 3.77. The van der Waals surface area contributed by atoms with E-state index in [1.54, 1.807) is 0 Å². The van der Waals surface area contributed by atoms with Crippen LogP contribution in [0.1, 0.15) is 46.1 Å². The molecule has 0 amide bonds. The van der Waals surface area contributed by atoms with Crippen molar-refractivity contribution in [3.05, 3.63) is 49.4 Å². The molecule has 0 aliphatic rings. The molecule has 114 valence electrons. The molecule has 1 aromatic carbocycles. The largest absolute Gasteiger partial charge is 0.310 e. The third kappa shape index (κ3) is 4.15. The molecule has 2 rings (SSSR count). The number of aryl methyl sites for hydroxylation is 2. The molecule has 21 heavy (non-hydrogen) atoms. The molecular formula is C17H23BrN2S. The zero-order chi connectivity index (χ0) is 15.4. The Labute approximate surface area is 140 Å². The second-order valence-electron chi connectivity index (χ2n) is 5.41. The molecule has 0 radical (unpaired) electrons. The van der Waals surface area contributed by atoms with Gasteiger partial charge in [0.15, 0.2) is 0 Å². The lowest BCUT2D eigenvalue weighted by molar-refractivity contribution is 0.525. The summed E-state index contributed by atoms with van der Waals surface area (Å²) in [4.78, 5) is 6.03. The van der Waals surface area contributed by atoms with E-state index in [1.807, 2.05) is 11.3 Å². The van der Waals surface area contributed by atoms with Crippen LogP contribution in [0.3, 0.4) is 0 Å². The van der Waals surface area contributed by atoms with Crippen molar-refractivity contribution in [2.75, 3.05) is 6.54 Å². The molecular weight excluding hydrogens is 344 g/mol. The lowest BCUT2D eigenvalue weighted by atomic mass is 9.99. The van der Waals surface area contributed by atoms with Crippen molar-refractivity contribution in [2.24, 2.45) is 0 Å². The van der Waals surface area contributed by atoms with E-state index in [9.17, 15) is 0 Å². The van der Waals surface area contributed by atoms with Gasteiger partial charge in [0.05, 0.1) is 10.7 Å². The molecule has 2 aromatic rings. The third-order valence-corrected chi connectivity index (χ3v) is 5.73. The maximum atomic E-state index is 4.70. The summed E-state index contributed by atoms with van der Waals surface area (Å²) < 4.78 is 1.18. The van der Waals surface area contributed by atoms with Gasteiger partial charge in [-0.1, -0.05) is 35.0 Å². The lowest BCUT2D eigenvalue weighted by Crippen LogP contribution is -2.24. The second-order valence-corrected chi connectivity index (χ2v) is 7.56. The Morgan fingerprint density at radius 2 is 2.05 bits per heavy atom. The zero-order valence-corrected chi connectivity index (χ0v) is 15.6. The van der Waals surface area contributed by atoms with Gasteiger partial charge in [0, 0.05) is 21.8 Å². The van der Waals surface area contributed by atoms with Gasteiger partial charge in [-0.15, -0.1) is 11.3 Å². The quantitative estimate of drug-likeness (QED) is 0.767. The number of aromatic nitrogens is 1. The topological polar surface area (TPSA) is 24.9 Å². The summed E-state index contributed by atoms with van der Waals surface area (Å²) >= 11 is 5.46. The van der Waals surface area contributed by atoms with Crippen LogP contribution in [0.4, 0.5) is 0 Å².